The highest BCUT2D eigenvalue weighted by Gasteiger charge is 2.22. The molecule has 1 unspecified atom stereocenters. The first-order valence-corrected chi connectivity index (χ1v) is 6.01. The highest BCUT2D eigenvalue weighted by molar-refractivity contribution is 5.28. The van der Waals surface area contributed by atoms with Crippen LogP contribution in [0.1, 0.15) is 31.9 Å². The van der Waals surface area contributed by atoms with Crippen molar-refractivity contribution in [2.75, 3.05) is 6.54 Å². The van der Waals surface area contributed by atoms with Crippen LogP contribution in [-0.4, -0.2) is 23.3 Å². The Kier molecular flexibility index (Phi) is 4.66. The molecule has 0 bridgehead atoms. The largest absolute Gasteiger partial charge is 0.389 e. The molecular formula is C14H22FNO. The molecule has 1 aromatic carbocycles. The summed E-state index contributed by atoms with van der Waals surface area (Å²) in [6.45, 7) is 8.26. The van der Waals surface area contributed by atoms with Crippen molar-refractivity contribution in [1.82, 2.24) is 5.32 Å². The Morgan fingerprint density at radius 3 is 2.65 bits per heavy atom. The predicted molar refractivity (Wildman–Crippen MR) is 68.6 cm³/mol. The molecular weight excluding hydrogens is 217 g/mol. The molecule has 0 spiro atoms. The van der Waals surface area contributed by atoms with Crippen molar-refractivity contribution in [1.29, 1.82) is 0 Å². The van der Waals surface area contributed by atoms with E-state index in [-0.39, 0.29) is 5.82 Å². The fourth-order valence-corrected chi connectivity index (χ4v) is 1.73. The molecule has 0 aliphatic carbocycles. The van der Waals surface area contributed by atoms with Crippen molar-refractivity contribution < 1.29 is 9.50 Å². The zero-order valence-corrected chi connectivity index (χ0v) is 11.0. The summed E-state index contributed by atoms with van der Waals surface area (Å²) in [7, 11) is 0. The fraction of sp³-hybridized carbons (Fsp3) is 0.571. The third kappa shape index (κ3) is 4.84. The SMILES string of the molecule is Cc1ccc(F)cc1CC(C)(O)CNC(C)C. The molecule has 1 rings (SSSR count). The van der Waals surface area contributed by atoms with Gasteiger partial charge in [0.2, 0.25) is 0 Å². The molecule has 0 aliphatic heterocycles. The van der Waals surface area contributed by atoms with E-state index in [1.807, 2.05) is 20.8 Å². The van der Waals surface area contributed by atoms with Crippen molar-refractivity contribution >= 4 is 0 Å². The quantitative estimate of drug-likeness (QED) is 0.827. The van der Waals surface area contributed by atoms with Gasteiger partial charge in [-0.25, -0.2) is 4.39 Å². The van der Waals surface area contributed by atoms with E-state index in [1.54, 1.807) is 13.0 Å². The molecule has 17 heavy (non-hydrogen) atoms. The van der Waals surface area contributed by atoms with Gasteiger partial charge in [-0.15, -0.1) is 0 Å². The average Bonchev–Trinajstić information content (AvgIpc) is 2.20. The van der Waals surface area contributed by atoms with Gasteiger partial charge < -0.3 is 10.4 Å². The van der Waals surface area contributed by atoms with Gasteiger partial charge in [-0.1, -0.05) is 19.9 Å². The molecule has 0 saturated heterocycles. The van der Waals surface area contributed by atoms with E-state index in [0.717, 1.165) is 11.1 Å². The smallest absolute Gasteiger partial charge is 0.123 e. The highest BCUT2D eigenvalue weighted by Crippen LogP contribution is 2.17. The van der Waals surface area contributed by atoms with Gasteiger partial charge in [0.25, 0.3) is 0 Å². The topological polar surface area (TPSA) is 32.3 Å². The van der Waals surface area contributed by atoms with E-state index in [2.05, 4.69) is 5.32 Å². The number of nitrogens with one attached hydrogen (secondary N) is 1. The lowest BCUT2D eigenvalue weighted by molar-refractivity contribution is 0.0579. The van der Waals surface area contributed by atoms with E-state index in [9.17, 15) is 9.50 Å². The number of benzene rings is 1. The van der Waals surface area contributed by atoms with Gasteiger partial charge in [0.1, 0.15) is 5.82 Å². The van der Waals surface area contributed by atoms with Crippen molar-refractivity contribution in [2.45, 2.75) is 45.8 Å². The van der Waals surface area contributed by atoms with Crippen molar-refractivity contribution in [3.8, 4) is 0 Å². The normalized spacial score (nSPS) is 15.0. The first-order chi connectivity index (χ1) is 7.80. The monoisotopic (exact) mass is 239 g/mol. The van der Waals surface area contributed by atoms with Crippen LogP contribution in [0.2, 0.25) is 0 Å². The lowest BCUT2D eigenvalue weighted by Gasteiger charge is -2.26. The molecule has 2 nitrogen and oxygen atoms in total. The average molecular weight is 239 g/mol. The lowest BCUT2D eigenvalue weighted by atomic mass is 9.93. The molecule has 1 aromatic rings. The summed E-state index contributed by atoms with van der Waals surface area (Å²) in [5.74, 6) is -0.252. The van der Waals surface area contributed by atoms with Gasteiger partial charge in [0.15, 0.2) is 0 Å². The maximum atomic E-state index is 13.1. The lowest BCUT2D eigenvalue weighted by Crippen LogP contribution is -2.42. The van der Waals surface area contributed by atoms with Crippen LogP contribution in [-0.2, 0) is 6.42 Å². The van der Waals surface area contributed by atoms with E-state index in [1.165, 1.54) is 12.1 Å². The third-order valence-corrected chi connectivity index (χ3v) is 2.77. The van der Waals surface area contributed by atoms with E-state index in [0.29, 0.717) is 19.0 Å². The Bertz CT molecular complexity index is 374. The van der Waals surface area contributed by atoms with E-state index in [4.69, 9.17) is 0 Å². The number of rotatable bonds is 5. The maximum absolute atomic E-state index is 13.1. The summed E-state index contributed by atoms with van der Waals surface area (Å²) < 4.78 is 13.1. The molecule has 0 fully saturated rings. The van der Waals surface area contributed by atoms with Crippen LogP contribution in [0.4, 0.5) is 4.39 Å². The minimum Gasteiger partial charge on any atom is -0.389 e. The molecule has 1 atom stereocenters. The summed E-state index contributed by atoms with van der Waals surface area (Å²) in [6.07, 6.45) is 0.455. The van der Waals surface area contributed by atoms with Gasteiger partial charge in [0, 0.05) is 19.0 Å². The molecule has 2 N–H and O–H groups in total. The molecule has 0 heterocycles. The molecule has 0 amide bonds. The van der Waals surface area contributed by atoms with Crippen molar-refractivity contribution in [3.05, 3.63) is 35.1 Å². The van der Waals surface area contributed by atoms with Crippen LogP contribution in [0, 0.1) is 12.7 Å². The second kappa shape index (κ2) is 5.61. The van der Waals surface area contributed by atoms with Crippen LogP contribution in [0.5, 0.6) is 0 Å². The number of hydrogen-bond donors (Lipinski definition) is 2. The number of halogens is 1. The first kappa shape index (κ1) is 14.1. The highest BCUT2D eigenvalue weighted by atomic mass is 19.1. The van der Waals surface area contributed by atoms with Gasteiger partial charge >= 0.3 is 0 Å². The van der Waals surface area contributed by atoms with Crippen LogP contribution < -0.4 is 5.32 Å². The van der Waals surface area contributed by atoms with E-state index < -0.39 is 5.60 Å². The molecule has 0 aliphatic rings. The predicted octanol–water partition coefficient (Wildman–Crippen LogP) is 2.43. The summed E-state index contributed by atoms with van der Waals surface area (Å²) in [5.41, 5.74) is 1.01. The standard InChI is InChI=1S/C14H22FNO/c1-10(2)16-9-14(4,17)8-12-7-13(15)6-5-11(12)3/h5-7,10,16-17H,8-9H2,1-4H3. The Balaban J connectivity index is 2.71. The molecule has 96 valence electrons. The summed E-state index contributed by atoms with van der Waals surface area (Å²) in [6, 6.07) is 5.02. The van der Waals surface area contributed by atoms with Crippen molar-refractivity contribution in [3.63, 3.8) is 0 Å². The second-order valence-corrected chi connectivity index (χ2v) is 5.28. The van der Waals surface area contributed by atoms with Crippen LogP contribution in [0.15, 0.2) is 18.2 Å². The number of hydrogen-bond acceptors (Lipinski definition) is 2. The zero-order chi connectivity index (χ0) is 13.1. The first-order valence-electron chi connectivity index (χ1n) is 6.01. The third-order valence-electron chi connectivity index (χ3n) is 2.77. The minimum atomic E-state index is -0.858. The van der Waals surface area contributed by atoms with Crippen molar-refractivity contribution in [2.24, 2.45) is 0 Å². The molecule has 0 radical (unpaired) electrons. The second-order valence-electron chi connectivity index (χ2n) is 5.28. The molecule has 0 aromatic heterocycles. The summed E-state index contributed by atoms with van der Waals surface area (Å²) >= 11 is 0. The van der Waals surface area contributed by atoms with Crippen LogP contribution in [0.25, 0.3) is 0 Å². The maximum Gasteiger partial charge on any atom is 0.123 e. The van der Waals surface area contributed by atoms with Gasteiger partial charge in [0.05, 0.1) is 5.60 Å². The Morgan fingerprint density at radius 1 is 1.41 bits per heavy atom. The van der Waals surface area contributed by atoms with Crippen LogP contribution in [0.3, 0.4) is 0 Å². The Hall–Kier alpha value is -0.930. The summed E-state index contributed by atoms with van der Waals surface area (Å²) in [4.78, 5) is 0. The van der Waals surface area contributed by atoms with Gasteiger partial charge in [-0.05, 0) is 37.1 Å². The Labute approximate surface area is 103 Å². The van der Waals surface area contributed by atoms with Gasteiger partial charge in [-0.3, -0.25) is 0 Å². The summed E-state index contributed by atoms with van der Waals surface area (Å²) in [5, 5.41) is 13.4. The Morgan fingerprint density at radius 2 is 2.06 bits per heavy atom. The van der Waals surface area contributed by atoms with E-state index >= 15 is 0 Å². The van der Waals surface area contributed by atoms with Gasteiger partial charge in [-0.2, -0.15) is 0 Å². The fourth-order valence-electron chi connectivity index (χ4n) is 1.73. The minimum absolute atomic E-state index is 0.252. The molecule has 3 heteroatoms. The number of aryl methyl sites for hydroxylation is 1. The zero-order valence-electron chi connectivity index (χ0n) is 11.0. The number of aliphatic hydroxyl groups is 1. The molecule has 0 saturated carbocycles. The van der Waals surface area contributed by atoms with Crippen LogP contribution >= 0.6 is 0 Å².